The number of aromatic nitrogens is 2. The van der Waals surface area contributed by atoms with Crippen molar-refractivity contribution in [3.63, 3.8) is 0 Å². The van der Waals surface area contributed by atoms with Crippen LogP contribution in [0.2, 0.25) is 0 Å². The van der Waals surface area contributed by atoms with Gasteiger partial charge in [0.15, 0.2) is 0 Å². The summed E-state index contributed by atoms with van der Waals surface area (Å²) >= 11 is 0. The van der Waals surface area contributed by atoms with Gasteiger partial charge in [-0.3, -0.25) is 4.68 Å². The van der Waals surface area contributed by atoms with Gasteiger partial charge in [-0.25, -0.2) is 0 Å². The van der Waals surface area contributed by atoms with Gasteiger partial charge in [-0.05, 0) is 32.2 Å². The molecule has 16 heavy (non-hydrogen) atoms. The zero-order valence-corrected chi connectivity index (χ0v) is 11.5. The molecule has 0 aliphatic carbocycles. The van der Waals surface area contributed by atoms with Gasteiger partial charge in [-0.2, -0.15) is 5.10 Å². The lowest BCUT2D eigenvalue weighted by Gasteiger charge is -2.18. The molecule has 0 radical (unpaired) electrons. The monoisotopic (exact) mass is 223 g/mol. The molecule has 1 N–H and O–H groups in total. The van der Waals surface area contributed by atoms with E-state index in [0.717, 1.165) is 18.8 Å². The zero-order valence-electron chi connectivity index (χ0n) is 11.5. The van der Waals surface area contributed by atoms with Gasteiger partial charge in [-0.1, -0.05) is 20.8 Å². The van der Waals surface area contributed by atoms with Crippen LogP contribution < -0.4 is 5.32 Å². The van der Waals surface area contributed by atoms with E-state index < -0.39 is 0 Å². The number of aryl methyl sites for hydroxylation is 2. The van der Waals surface area contributed by atoms with Crippen LogP contribution in [0.15, 0.2) is 0 Å². The summed E-state index contributed by atoms with van der Waals surface area (Å²) in [6.45, 7) is 13.0. The van der Waals surface area contributed by atoms with E-state index in [-0.39, 0.29) is 0 Å². The molecule has 1 aromatic rings. The van der Waals surface area contributed by atoms with E-state index in [1.165, 1.54) is 17.7 Å². The Morgan fingerprint density at radius 3 is 2.31 bits per heavy atom. The minimum Gasteiger partial charge on any atom is -0.313 e. The van der Waals surface area contributed by atoms with Crippen LogP contribution in [0.3, 0.4) is 0 Å². The third kappa shape index (κ3) is 3.63. The molecule has 0 bridgehead atoms. The number of rotatable bonds is 4. The molecule has 1 heterocycles. The van der Waals surface area contributed by atoms with Crippen LogP contribution in [-0.2, 0) is 13.6 Å². The second-order valence-electron chi connectivity index (χ2n) is 5.76. The van der Waals surface area contributed by atoms with E-state index >= 15 is 0 Å². The van der Waals surface area contributed by atoms with Crippen molar-refractivity contribution in [2.75, 3.05) is 6.54 Å². The minimum atomic E-state index is 0.409. The summed E-state index contributed by atoms with van der Waals surface area (Å²) in [5, 5.41) is 7.91. The lowest BCUT2D eigenvalue weighted by molar-refractivity contribution is 0.366. The average Bonchev–Trinajstić information content (AvgIpc) is 2.36. The highest BCUT2D eigenvalue weighted by Crippen LogP contribution is 2.17. The third-order valence-electron chi connectivity index (χ3n) is 3.01. The Morgan fingerprint density at radius 1 is 1.25 bits per heavy atom. The third-order valence-corrected chi connectivity index (χ3v) is 3.01. The molecule has 0 amide bonds. The first-order valence-electron chi connectivity index (χ1n) is 6.01. The first kappa shape index (κ1) is 13.2. The van der Waals surface area contributed by atoms with E-state index in [1.807, 2.05) is 11.7 Å². The predicted molar refractivity (Wildman–Crippen MR) is 68.5 cm³/mol. The van der Waals surface area contributed by atoms with Gasteiger partial charge in [0.05, 0.1) is 5.69 Å². The van der Waals surface area contributed by atoms with E-state index in [2.05, 4.69) is 45.0 Å². The predicted octanol–water partition coefficient (Wildman–Crippen LogP) is 2.56. The zero-order chi connectivity index (χ0) is 12.3. The van der Waals surface area contributed by atoms with Crippen molar-refractivity contribution in [2.45, 2.75) is 47.6 Å². The van der Waals surface area contributed by atoms with Crippen molar-refractivity contribution in [1.82, 2.24) is 15.1 Å². The fourth-order valence-corrected chi connectivity index (χ4v) is 1.75. The van der Waals surface area contributed by atoms with Gasteiger partial charge in [0, 0.05) is 24.8 Å². The fourth-order valence-electron chi connectivity index (χ4n) is 1.75. The van der Waals surface area contributed by atoms with Crippen molar-refractivity contribution < 1.29 is 0 Å². The van der Waals surface area contributed by atoms with Crippen LogP contribution in [-0.4, -0.2) is 16.3 Å². The van der Waals surface area contributed by atoms with Crippen molar-refractivity contribution >= 4 is 0 Å². The van der Waals surface area contributed by atoms with Crippen molar-refractivity contribution in [3.8, 4) is 0 Å². The van der Waals surface area contributed by atoms with Gasteiger partial charge < -0.3 is 5.32 Å². The molecule has 0 aliphatic rings. The highest BCUT2D eigenvalue weighted by Gasteiger charge is 2.11. The summed E-state index contributed by atoms with van der Waals surface area (Å²) in [7, 11) is 2.00. The summed E-state index contributed by atoms with van der Waals surface area (Å²) < 4.78 is 1.95. The molecule has 0 saturated heterocycles. The number of hydrogen-bond donors (Lipinski definition) is 1. The SMILES string of the molecule is Cc1nn(C)c(C)c1CNCCC(C)(C)C. The average molecular weight is 223 g/mol. The maximum Gasteiger partial charge on any atom is 0.0641 e. The molecule has 0 unspecified atom stereocenters. The van der Waals surface area contributed by atoms with Crippen LogP contribution in [0.5, 0.6) is 0 Å². The second-order valence-corrected chi connectivity index (χ2v) is 5.76. The highest BCUT2D eigenvalue weighted by atomic mass is 15.3. The van der Waals surface area contributed by atoms with E-state index in [1.54, 1.807) is 0 Å². The van der Waals surface area contributed by atoms with Gasteiger partial charge in [0.1, 0.15) is 0 Å². The molecular formula is C13H25N3. The molecule has 0 spiro atoms. The lowest BCUT2D eigenvalue weighted by atomic mass is 9.92. The van der Waals surface area contributed by atoms with Crippen LogP contribution in [0.25, 0.3) is 0 Å². The Balaban J connectivity index is 2.43. The molecule has 0 saturated carbocycles. The summed E-state index contributed by atoms with van der Waals surface area (Å²) in [5.41, 5.74) is 4.16. The van der Waals surface area contributed by atoms with Crippen molar-refractivity contribution in [2.24, 2.45) is 12.5 Å². The van der Waals surface area contributed by atoms with Crippen molar-refractivity contribution in [1.29, 1.82) is 0 Å². The van der Waals surface area contributed by atoms with Crippen LogP contribution in [0, 0.1) is 19.3 Å². The molecule has 0 aliphatic heterocycles. The van der Waals surface area contributed by atoms with Crippen LogP contribution >= 0.6 is 0 Å². The first-order chi connectivity index (χ1) is 7.31. The molecule has 0 atom stereocenters. The Morgan fingerprint density at radius 2 is 1.88 bits per heavy atom. The summed E-state index contributed by atoms with van der Waals surface area (Å²) in [6.07, 6.45) is 1.20. The van der Waals surface area contributed by atoms with Gasteiger partial charge >= 0.3 is 0 Å². The first-order valence-corrected chi connectivity index (χ1v) is 6.01. The highest BCUT2D eigenvalue weighted by molar-refractivity contribution is 5.23. The Labute approximate surface area is 99.2 Å². The molecule has 3 nitrogen and oxygen atoms in total. The summed E-state index contributed by atoms with van der Waals surface area (Å²) in [4.78, 5) is 0. The molecule has 3 heteroatoms. The van der Waals surface area contributed by atoms with Crippen LogP contribution in [0.4, 0.5) is 0 Å². The number of nitrogens with zero attached hydrogens (tertiary/aromatic N) is 2. The van der Waals surface area contributed by atoms with E-state index in [9.17, 15) is 0 Å². The smallest absolute Gasteiger partial charge is 0.0641 e. The topological polar surface area (TPSA) is 29.9 Å². The van der Waals surface area contributed by atoms with Gasteiger partial charge in [0.25, 0.3) is 0 Å². The summed E-state index contributed by atoms with van der Waals surface area (Å²) in [6, 6.07) is 0. The number of nitrogens with one attached hydrogen (secondary N) is 1. The molecule has 0 aromatic carbocycles. The molecule has 1 rings (SSSR count). The molecule has 0 fully saturated rings. The fraction of sp³-hybridized carbons (Fsp3) is 0.769. The standard InChI is InChI=1S/C13H25N3/c1-10-12(11(2)16(6)15-10)9-14-8-7-13(3,4)5/h14H,7-9H2,1-6H3. The Hall–Kier alpha value is -0.830. The van der Waals surface area contributed by atoms with E-state index in [0.29, 0.717) is 5.41 Å². The normalized spacial score (nSPS) is 12.1. The lowest BCUT2D eigenvalue weighted by Crippen LogP contribution is -2.20. The Kier molecular flexibility index (Phi) is 4.14. The maximum absolute atomic E-state index is 4.41. The largest absolute Gasteiger partial charge is 0.313 e. The molecular weight excluding hydrogens is 198 g/mol. The minimum absolute atomic E-state index is 0.409. The molecule has 92 valence electrons. The summed E-state index contributed by atoms with van der Waals surface area (Å²) in [5.74, 6) is 0. The molecule has 1 aromatic heterocycles. The van der Waals surface area contributed by atoms with Crippen LogP contribution in [0.1, 0.15) is 44.1 Å². The van der Waals surface area contributed by atoms with Gasteiger partial charge in [0.2, 0.25) is 0 Å². The quantitative estimate of drug-likeness (QED) is 0.795. The van der Waals surface area contributed by atoms with E-state index in [4.69, 9.17) is 0 Å². The Bertz CT molecular complexity index is 345. The maximum atomic E-state index is 4.41. The van der Waals surface area contributed by atoms with Gasteiger partial charge in [-0.15, -0.1) is 0 Å². The van der Waals surface area contributed by atoms with Crippen molar-refractivity contribution in [3.05, 3.63) is 17.0 Å². The number of hydrogen-bond acceptors (Lipinski definition) is 2. The second kappa shape index (κ2) is 5.00.